The van der Waals surface area contributed by atoms with Gasteiger partial charge in [-0.05, 0) is 39.2 Å². The molecule has 110 valence electrons. The molecule has 0 bridgehead atoms. The summed E-state index contributed by atoms with van der Waals surface area (Å²) in [6.45, 7) is 6.05. The van der Waals surface area contributed by atoms with Gasteiger partial charge < -0.3 is 10.1 Å². The summed E-state index contributed by atoms with van der Waals surface area (Å²) in [6.07, 6.45) is 4.23. The predicted octanol–water partition coefficient (Wildman–Crippen LogP) is 2.72. The molecule has 5 heteroatoms. The van der Waals surface area contributed by atoms with Gasteiger partial charge in [0.1, 0.15) is 5.15 Å². The van der Waals surface area contributed by atoms with E-state index in [-0.39, 0.29) is 0 Å². The number of hydrogen-bond acceptors (Lipinski definition) is 3. The van der Waals surface area contributed by atoms with Crippen molar-refractivity contribution in [3.8, 4) is 0 Å². The lowest BCUT2D eigenvalue weighted by molar-refractivity contribution is 0.188. The molecule has 0 fully saturated rings. The average Bonchev–Trinajstić information content (AvgIpc) is 2.62. The van der Waals surface area contributed by atoms with Crippen molar-refractivity contribution in [2.24, 2.45) is 7.05 Å². The molecule has 1 rings (SSSR count). The first kappa shape index (κ1) is 16.5. The van der Waals surface area contributed by atoms with Gasteiger partial charge in [0.05, 0.1) is 5.69 Å². The molecule has 19 heavy (non-hydrogen) atoms. The molecule has 1 aromatic heterocycles. The molecule has 1 atom stereocenters. The minimum Gasteiger partial charge on any atom is -0.385 e. The molecule has 0 aromatic carbocycles. The Hall–Kier alpha value is -0.580. The molecular formula is C14H26ClN3O. The highest BCUT2D eigenvalue weighted by Crippen LogP contribution is 2.21. The molecule has 0 aliphatic carbocycles. The molecule has 0 spiro atoms. The minimum absolute atomic E-state index is 0.440. The molecule has 1 N–H and O–H groups in total. The van der Waals surface area contributed by atoms with Crippen LogP contribution >= 0.6 is 11.6 Å². The number of methoxy groups -OCH3 is 1. The molecule has 1 unspecified atom stereocenters. The van der Waals surface area contributed by atoms with Crippen molar-refractivity contribution in [1.29, 1.82) is 0 Å². The van der Waals surface area contributed by atoms with Crippen molar-refractivity contribution in [1.82, 2.24) is 15.1 Å². The topological polar surface area (TPSA) is 39.1 Å². The van der Waals surface area contributed by atoms with Crippen LogP contribution in [0.1, 0.15) is 37.4 Å². The Morgan fingerprint density at radius 1 is 1.47 bits per heavy atom. The Balaban J connectivity index is 2.64. The summed E-state index contributed by atoms with van der Waals surface area (Å²) in [5.74, 6) is 0. The van der Waals surface area contributed by atoms with Crippen LogP contribution in [0.3, 0.4) is 0 Å². The van der Waals surface area contributed by atoms with Gasteiger partial charge in [-0.15, -0.1) is 0 Å². The highest BCUT2D eigenvalue weighted by Gasteiger charge is 2.16. The maximum absolute atomic E-state index is 6.30. The second kappa shape index (κ2) is 8.56. The fourth-order valence-corrected chi connectivity index (χ4v) is 2.50. The third-order valence-electron chi connectivity index (χ3n) is 3.30. The maximum atomic E-state index is 6.30. The number of rotatable bonds is 9. The summed E-state index contributed by atoms with van der Waals surface area (Å²) in [7, 11) is 3.63. The van der Waals surface area contributed by atoms with Gasteiger partial charge >= 0.3 is 0 Å². The number of halogens is 1. The van der Waals surface area contributed by atoms with Gasteiger partial charge in [-0.2, -0.15) is 5.10 Å². The second-order valence-corrected chi connectivity index (χ2v) is 5.33. The summed E-state index contributed by atoms with van der Waals surface area (Å²) < 4.78 is 6.88. The van der Waals surface area contributed by atoms with Crippen molar-refractivity contribution in [2.45, 2.75) is 45.6 Å². The van der Waals surface area contributed by atoms with Crippen LogP contribution in [0.15, 0.2) is 0 Å². The number of aryl methyl sites for hydroxylation is 2. The first-order chi connectivity index (χ1) is 9.10. The summed E-state index contributed by atoms with van der Waals surface area (Å²) in [4.78, 5) is 0. The third-order valence-corrected chi connectivity index (χ3v) is 3.78. The van der Waals surface area contributed by atoms with Crippen molar-refractivity contribution >= 4 is 11.6 Å². The Morgan fingerprint density at radius 2 is 2.21 bits per heavy atom. The highest BCUT2D eigenvalue weighted by molar-refractivity contribution is 6.30. The molecule has 0 aliphatic rings. The fraction of sp³-hybridized carbons (Fsp3) is 0.786. The standard InChI is InChI=1S/C14H26ClN3O/c1-5-8-16-12(7-6-9-19-4)10-13-11(2)17-18(3)14(13)15/h12,16H,5-10H2,1-4H3. The summed E-state index contributed by atoms with van der Waals surface area (Å²) in [6, 6.07) is 0.440. The Morgan fingerprint density at radius 3 is 2.74 bits per heavy atom. The molecule has 1 heterocycles. The molecule has 0 saturated carbocycles. The lowest BCUT2D eigenvalue weighted by atomic mass is 10.0. The van der Waals surface area contributed by atoms with Crippen LogP contribution in [0.4, 0.5) is 0 Å². The first-order valence-corrected chi connectivity index (χ1v) is 7.38. The van der Waals surface area contributed by atoms with Crippen molar-refractivity contribution in [2.75, 3.05) is 20.3 Å². The van der Waals surface area contributed by atoms with Crippen molar-refractivity contribution < 1.29 is 4.74 Å². The van der Waals surface area contributed by atoms with Crippen LogP contribution in [0.25, 0.3) is 0 Å². The largest absolute Gasteiger partial charge is 0.385 e. The smallest absolute Gasteiger partial charge is 0.130 e. The molecule has 0 aliphatic heterocycles. The van der Waals surface area contributed by atoms with E-state index in [9.17, 15) is 0 Å². The Bertz CT molecular complexity index is 379. The van der Waals surface area contributed by atoms with E-state index in [1.165, 1.54) is 0 Å². The zero-order valence-electron chi connectivity index (χ0n) is 12.5. The van der Waals surface area contributed by atoms with Crippen molar-refractivity contribution in [3.63, 3.8) is 0 Å². The van der Waals surface area contributed by atoms with E-state index in [1.807, 2.05) is 14.0 Å². The summed E-state index contributed by atoms with van der Waals surface area (Å²) in [5.41, 5.74) is 2.19. The Labute approximate surface area is 121 Å². The van der Waals surface area contributed by atoms with Gasteiger partial charge in [0.2, 0.25) is 0 Å². The molecule has 0 saturated heterocycles. The second-order valence-electron chi connectivity index (χ2n) is 4.97. The van der Waals surface area contributed by atoms with Crippen LogP contribution in [-0.4, -0.2) is 36.1 Å². The number of nitrogens with one attached hydrogen (secondary N) is 1. The van der Waals surface area contributed by atoms with Crippen LogP contribution in [-0.2, 0) is 18.2 Å². The number of nitrogens with zero attached hydrogens (tertiary/aromatic N) is 2. The molecule has 0 amide bonds. The van der Waals surface area contributed by atoms with Gasteiger partial charge in [-0.25, -0.2) is 0 Å². The van der Waals surface area contributed by atoms with E-state index in [0.717, 1.165) is 55.2 Å². The highest BCUT2D eigenvalue weighted by atomic mass is 35.5. The van der Waals surface area contributed by atoms with E-state index in [2.05, 4.69) is 17.3 Å². The van der Waals surface area contributed by atoms with Crippen LogP contribution in [0.5, 0.6) is 0 Å². The zero-order valence-corrected chi connectivity index (χ0v) is 13.3. The van der Waals surface area contributed by atoms with E-state index < -0.39 is 0 Å². The van der Waals surface area contributed by atoms with E-state index in [1.54, 1.807) is 11.8 Å². The normalized spacial score (nSPS) is 12.9. The van der Waals surface area contributed by atoms with E-state index >= 15 is 0 Å². The van der Waals surface area contributed by atoms with Gasteiger partial charge in [0.25, 0.3) is 0 Å². The van der Waals surface area contributed by atoms with Gasteiger partial charge in [0.15, 0.2) is 0 Å². The molecule has 0 radical (unpaired) electrons. The molecule has 4 nitrogen and oxygen atoms in total. The maximum Gasteiger partial charge on any atom is 0.130 e. The first-order valence-electron chi connectivity index (χ1n) is 7.00. The van der Waals surface area contributed by atoms with Crippen LogP contribution in [0.2, 0.25) is 5.15 Å². The third kappa shape index (κ3) is 5.13. The molecule has 1 aromatic rings. The quantitative estimate of drug-likeness (QED) is 0.710. The Kier molecular flexibility index (Phi) is 7.42. The zero-order chi connectivity index (χ0) is 14.3. The van der Waals surface area contributed by atoms with Gasteiger partial charge in [-0.3, -0.25) is 4.68 Å². The monoisotopic (exact) mass is 287 g/mol. The molecular weight excluding hydrogens is 262 g/mol. The minimum atomic E-state index is 0.440. The van der Waals surface area contributed by atoms with Crippen LogP contribution < -0.4 is 5.32 Å². The predicted molar refractivity (Wildman–Crippen MR) is 79.9 cm³/mol. The number of aromatic nitrogens is 2. The lowest BCUT2D eigenvalue weighted by Crippen LogP contribution is -2.32. The fourth-order valence-electron chi connectivity index (χ4n) is 2.25. The number of hydrogen-bond donors (Lipinski definition) is 1. The number of ether oxygens (including phenoxy) is 1. The van der Waals surface area contributed by atoms with E-state index in [0.29, 0.717) is 6.04 Å². The van der Waals surface area contributed by atoms with Gasteiger partial charge in [0, 0.05) is 32.4 Å². The lowest BCUT2D eigenvalue weighted by Gasteiger charge is -2.18. The summed E-state index contributed by atoms with van der Waals surface area (Å²) in [5, 5.41) is 8.72. The SMILES string of the molecule is CCCNC(CCCOC)Cc1c(C)nn(C)c1Cl. The van der Waals surface area contributed by atoms with Gasteiger partial charge in [-0.1, -0.05) is 18.5 Å². The van der Waals surface area contributed by atoms with Crippen LogP contribution in [0, 0.1) is 6.92 Å². The summed E-state index contributed by atoms with van der Waals surface area (Å²) >= 11 is 6.30. The average molecular weight is 288 g/mol. The van der Waals surface area contributed by atoms with Crippen molar-refractivity contribution in [3.05, 3.63) is 16.4 Å². The van der Waals surface area contributed by atoms with E-state index in [4.69, 9.17) is 16.3 Å².